The van der Waals surface area contributed by atoms with Gasteiger partial charge in [0.05, 0.1) is 16.7 Å². The Labute approximate surface area is 115 Å². The summed E-state index contributed by atoms with van der Waals surface area (Å²) in [5.41, 5.74) is 6.25. The minimum Gasteiger partial charge on any atom is -0.488 e. The van der Waals surface area contributed by atoms with Crippen molar-refractivity contribution in [2.45, 2.75) is 38.7 Å². The van der Waals surface area contributed by atoms with E-state index in [0.717, 1.165) is 0 Å². The number of sulfonamides is 1. The standard InChI is InChI=1S/C13H22N2O3S/c1-5-15-19(16,17)11-6-7-12(14)13(8-11)18-10(4)9(2)3/h6-10,15H,5,14H2,1-4H3. The Bertz CT molecular complexity index is 527. The third kappa shape index (κ3) is 4.11. The van der Waals surface area contributed by atoms with E-state index in [1.807, 2.05) is 20.8 Å². The average molecular weight is 286 g/mol. The molecule has 0 saturated heterocycles. The Morgan fingerprint density at radius 1 is 1.32 bits per heavy atom. The van der Waals surface area contributed by atoms with E-state index in [-0.39, 0.29) is 11.0 Å². The van der Waals surface area contributed by atoms with E-state index < -0.39 is 10.0 Å². The molecule has 0 spiro atoms. The molecule has 0 heterocycles. The maximum atomic E-state index is 11.9. The van der Waals surface area contributed by atoms with Crippen molar-refractivity contribution in [2.24, 2.45) is 5.92 Å². The molecule has 0 fully saturated rings. The van der Waals surface area contributed by atoms with E-state index >= 15 is 0 Å². The molecule has 0 aromatic heterocycles. The quantitative estimate of drug-likeness (QED) is 0.784. The summed E-state index contributed by atoms with van der Waals surface area (Å²) in [6, 6.07) is 4.49. The molecule has 3 N–H and O–H groups in total. The van der Waals surface area contributed by atoms with Crippen LogP contribution in [0, 0.1) is 5.92 Å². The molecule has 0 aliphatic carbocycles. The SMILES string of the molecule is CCNS(=O)(=O)c1ccc(N)c(OC(C)C(C)C)c1. The summed E-state index contributed by atoms with van der Waals surface area (Å²) in [4.78, 5) is 0.162. The Hall–Kier alpha value is -1.27. The molecule has 0 radical (unpaired) electrons. The molecule has 1 atom stereocenters. The fraction of sp³-hybridized carbons (Fsp3) is 0.538. The van der Waals surface area contributed by atoms with E-state index in [1.54, 1.807) is 13.0 Å². The van der Waals surface area contributed by atoms with Crippen LogP contribution in [-0.4, -0.2) is 21.1 Å². The van der Waals surface area contributed by atoms with E-state index in [4.69, 9.17) is 10.5 Å². The minimum atomic E-state index is -3.49. The van der Waals surface area contributed by atoms with Crippen LogP contribution < -0.4 is 15.2 Å². The maximum Gasteiger partial charge on any atom is 0.240 e. The molecular formula is C13H22N2O3S. The molecule has 19 heavy (non-hydrogen) atoms. The number of nitrogens with two attached hydrogens (primary N) is 1. The summed E-state index contributed by atoms with van der Waals surface area (Å²) in [7, 11) is -3.49. The summed E-state index contributed by atoms with van der Waals surface area (Å²) in [6.07, 6.45) is -0.0422. The van der Waals surface area contributed by atoms with Gasteiger partial charge in [-0.15, -0.1) is 0 Å². The van der Waals surface area contributed by atoms with Crippen LogP contribution in [0.1, 0.15) is 27.7 Å². The largest absolute Gasteiger partial charge is 0.488 e. The molecule has 0 aliphatic rings. The lowest BCUT2D eigenvalue weighted by atomic mass is 10.1. The topological polar surface area (TPSA) is 81.4 Å². The zero-order valence-electron chi connectivity index (χ0n) is 11.8. The van der Waals surface area contributed by atoms with E-state index in [1.165, 1.54) is 12.1 Å². The van der Waals surface area contributed by atoms with E-state index in [0.29, 0.717) is 23.9 Å². The average Bonchev–Trinajstić information content (AvgIpc) is 2.31. The molecule has 0 bridgehead atoms. The van der Waals surface area contributed by atoms with Crippen molar-refractivity contribution in [3.8, 4) is 5.75 Å². The van der Waals surface area contributed by atoms with Gasteiger partial charge in [-0.25, -0.2) is 13.1 Å². The highest BCUT2D eigenvalue weighted by molar-refractivity contribution is 7.89. The highest BCUT2D eigenvalue weighted by atomic mass is 32.2. The molecule has 0 saturated carbocycles. The van der Waals surface area contributed by atoms with Gasteiger partial charge >= 0.3 is 0 Å². The molecule has 108 valence electrons. The fourth-order valence-corrected chi connectivity index (χ4v) is 2.45. The Balaban J connectivity index is 3.07. The molecule has 1 unspecified atom stereocenters. The smallest absolute Gasteiger partial charge is 0.240 e. The first-order valence-corrected chi connectivity index (χ1v) is 7.82. The lowest BCUT2D eigenvalue weighted by molar-refractivity contribution is 0.171. The number of hydrogen-bond acceptors (Lipinski definition) is 4. The predicted molar refractivity (Wildman–Crippen MR) is 76.6 cm³/mol. The van der Waals surface area contributed by atoms with Crippen molar-refractivity contribution >= 4 is 15.7 Å². The number of rotatable bonds is 6. The zero-order valence-corrected chi connectivity index (χ0v) is 12.6. The number of hydrogen-bond donors (Lipinski definition) is 2. The number of nitrogens with one attached hydrogen (secondary N) is 1. The minimum absolute atomic E-state index is 0.0422. The van der Waals surface area contributed by atoms with Crippen LogP contribution >= 0.6 is 0 Å². The third-order valence-electron chi connectivity index (χ3n) is 2.88. The van der Waals surface area contributed by atoms with Gasteiger partial charge in [-0.05, 0) is 25.0 Å². The highest BCUT2D eigenvalue weighted by Crippen LogP contribution is 2.27. The highest BCUT2D eigenvalue weighted by Gasteiger charge is 2.17. The normalized spacial score (nSPS) is 13.5. The summed E-state index contributed by atoms with van der Waals surface area (Å²) < 4.78 is 32.0. The van der Waals surface area contributed by atoms with Gasteiger partial charge in [-0.3, -0.25) is 0 Å². The fourth-order valence-electron chi connectivity index (χ4n) is 1.39. The molecule has 0 amide bonds. The van der Waals surface area contributed by atoms with Crippen LogP contribution in [-0.2, 0) is 10.0 Å². The first kappa shape index (κ1) is 15.8. The van der Waals surface area contributed by atoms with Crippen molar-refractivity contribution in [2.75, 3.05) is 12.3 Å². The maximum absolute atomic E-state index is 11.9. The van der Waals surface area contributed by atoms with Crippen LogP contribution in [0.4, 0.5) is 5.69 Å². The van der Waals surface area contributed by atoms with Crippen LogP contribution in [0.15, 0.2) is 23.1 Å². The summed E-state index contributed by atoms with van der Waals surface area (Å²) >= 11 is 0. The Kier molecular flexibility index (Phi) is 5.20. The van der Waals surface area contributed by atoms with Gasteiger partial charge < -0.3 is 10.5 Å². The first-order valence-electron chi connectivity index (χ1n) is 6.33. The Morgan fingerprint density at radius 3 is 2.47 bits per heavy atom. The second-order valence-electron chi connectivity index (χ2n) is 4.77. The number of nitrogen functional groups attached to an aromatic ring is 1. The van der Waals surface area contributed by atoms with Gasteiger partial charge in [0.15, 0.2) is 0 Å². The third-order valence-corrected chi connectivity index (χ3v) is 4.42. The number of benzene rings is 1. The van der Waals surface area contributed by atoms with Crippen LogP contribution in [0.2, 0.25) is 0 Å². The molecule has 1 rings (SSSR count). The van der Waals surface area contributed by atoms with Gasteiger partial charge in [0.2, 0.25) is 10.0 Å². The van der Waals surface area contributed by atoms with E-state index in [9.17, 15) is 8.42 Å². The van der Waals surface area contributed by atoms with E-state index in [2.05, 4.69) is 4.72 Å². The van der Waals surface area contributed by atoms with Gasteiger partial charge in [0, 0.05) is 12.6 Å². The lowest BCUT2D eigenvalue weighted by Gasteiger charge is -2.19. The lowest BCUT2D eigenvalue weighted by Crippen LogP contribution is -2.24. The first-order chi connectivity index (χ1) is 8.77. The molecule has 0 aliphatic heterocycles. The number of anilines is 1. The second-order valence-corrected chi connectivity index (χ2v) is 6.53. The summed E-state index contributed by atoms with van der Waals surface area (Å²) in [5.74, 6) is 0.716. The predicted octanol–water partition coefficient (Wildman–Crippen LogP) is 1.99. The summed E-state index contributed by atoms with van der Waals surface area (Å²) in [6.45, 7) is 8.05. The van der Waals surface area contributed by atoms with Gasteiger partial charge in [-0.1, -0.05) is 20.8 Å². The van der Waals surface area contributed by atoms with Crippen molar-refractivity contribution in [3.05, 3.63) is 18.2 Å². The summed E-state index contributed by atoms with van der Waals surface area (Å²) in [5, 5.41) is 0. The van der Waals surface area contributed by atoms with Gasteiger partial charge in [0.1, 0.15) is 5.75 Å². The monoisotopic (exact) mass is 286 g/mol. The second kappa shape index (κ2) is 6.25. The van der Waals surface area contributed by atoms with Crippen molar-refractivity contribution in [1.29, 1.82) is 0 Å². The van der Waals surface area contributed by atoms with Gasteiger partial charge in [-0.2, -0.15) is 0 Å². The van der Waals surface area contributed by atoms with Crippen LogP contribution in [0.25, 0.3) is 0 Å². The number of ether oxygens (including phenoxy) is 1. The van der Waals surface area contributed by atoms with Crippen molar-refractivity contribution in [3.63, 3.8) is 0 Å². The zero-order chi connectivity index (χ0) is 14.6. The Morgan fingerprint density at radius 2 is 1.95 bits per heavy atom. The van der Waals surface area contributed by atoms with Crippen LogP contribution in [0.5, 0.6) is 5.75 Å². The van der Waals surface area contributed by atoms with Crippen LogP contribution in [0.3, 0.4) is 0 Å². The molecule has 5 nitrogen and oxygen atoms in total. The van der Waals surface area contributed by atoms with Gasteiger partial charge in [0.25, 0.3) is 0 Å². The van der Waals surface area contributed by atoms with Crippen molar-refractivity contribution < 1.29 is 13.2 Å². The molecule has 6 heteroatoms. The molecule has 1 aromatic carbocycles. The van der Waals surface area contributed by atoms with Crippen molar-refractivity contribution in [1.82, 2.24) is 4.72 Å². The molecule has 1 aromatic rings. The molecular weight excluding hydrogens is 264 g/mol.